The lowest BCUT2D eigenvalue weighted by atomic mass is 10.1. The van der Waals surface area contributed by atoms with Gasteiger partial charge in [-0.3, -0.25) is 0 Å². The molecular weight excluding hydrogens is 405 g/mol. The summed E-state index contributed by atoms with van der Waals surface area (Å²) in [5.41, 5.74) is 1.48. The van der Waals surface area contributed by atoms with E-state index in [9.17, 15) is 13.2 Å². The van der Waals surface area contributed by atoms with Crippen LogP contribution in [0.4, 0.5) is 36.3 Å². The van der Waals surface area contributed by atoms with Crippen molar-refractivity contribution < 1.29 is 17.9 Å². The highest BCUT2D eigenvalue weighted by Crippen LogP contribution is 2.38. The molecule has 31 heavy (non-hydrogen) atoms. The number of hydrogen-bond acceptors (Lipinski definition) is 5. The quantitative estimate of drug-likeness (QED) is 0.473. The van der Waals surface area contributed by atoms with Crippen molar-refractivity contribution in [2.75, 3.05) is 17.3 Å². The average molecular weight is 430 g/mol. The molecule has 0 fully saturated rings. The molecule has 1 aromatic heterocycles. The van der Waals surface area contributed by atoms with Crippen molar-refractivity contribution >= 4 is 23.1 Å². The Morgan fingerprint density at radius 2 is 1.68 bits per heavy atom. The third-order valence-corrected chi connectivity index (χ3v) is 4.61. The van der Waals surface area contributed by atoms with E-state index in [0.717, 1.165) is 18.2 Å². The number of anilines is 4. The monoisotopic (exact) mass is 430 g/mol. The minimum Gasteiger partial charge on any atom is -0.491 e. The third kappa shape index (κ3) is 5.65. The molecule has 1 N–H and O–H groups in total. The van der Waals surface area contributed by atoms with Gasteiger partial charge < -0.3 is 15.0 Å². The molecule has 1 heterocycles. The molecule has 0 aliphatic heterocycles. The number of ether oxygens (including phenoxy) is 1. The van der Waals surface area contributed by atoms with Crippen LogP contribution in [0.25, 0.3) is 0 Å². The average Bonchev–Trinajstić information content (AvgIpc) is 2.73. The molecular formula is C23H25F3N4O. The zero-order chi connectivity index (χ0) is 22.6. The van der Waals surface area contributed by atoms with Crippen LogP contribution in [0.15, 0.2) is 54.7 Å². The molecule has 0 bridgehead atoms. The van der Waals surface area contributed by atoms with Gasteiger partial charge >= 0.3 is 6.18 Å². The number of aromatic nitrogens is 2. The molecule has 0 amide bonds. The van der Waals surface area contributed by atoms with Crippen LogP contribution in [-0.4, -0.2) is 23.1 Å². The Morgan fingerprint density at radius 3 is 2.23 bits per heavy atom. The minimum absolute atomic E-state index is 0.00213. The van der Waals surface area contributed by atoms with E-state index in [1.807, 2.05) is 45.0 Å². The van der Waals surface area contributed by atoms with Crippen molar-refractivity contribution in [2.45, 2.75) is 39.5 Å². The van der Waals surface area contributed by atoms with Gasteiger partial charge in [0, 0.05) is 24.6 Å². The van der Waals surface area contributed by atoms with E-state index in [2.05, 4.69) is 15.3 Å². The molecule has 0 saturated carbocycles. The second kappa shape index (κ2) is 9.24. The first-order valence-electron chi connectivity index (χ1n) is 9.98. The fourth-order valence-corrected chi connectivity index (χ4v) is 2.98. The van der Waals surface area contributed by atoms with Gasteiger partial charge in [0.1, 0.15) is 11.3 Å². The van der Waals surface area contributed by atoms with Crippen LogP contribution in [0.2, 0.25) is 0 Å². The van der Waals surface area contributed by atoms with Crippen molar-refractivity contribution in [2.24, 2.45) is 0 Å². The molecule has 8 heteroatoms. The van der Waals surface area contributed by atoms with Gasteiger partial charge in [0.25, 0.3) is 0 Å². The van der Waals surface area contributed by atoms with E-state index in [1.54, 1.807) is 24.3 Å². The number of nitrogens with zero attached hydrogens (tertiary/aromatic N) is 3. The Labute approximate surface area is 179 Å². The highest BCUT2D eigenvalue weighted by Gasteiger charge is 2.36. The van der Waals surface area contributed by atoms with Crippen molar-refractivity contribution in [3.63, 3.8) is 0 Å². The van der Waals surface area contributed by atoms with Gasteiger partial charge in [-0.15, -0.1) is 0 Å². The summed E-state index contributed by atoms with van der Waals surface area (Å²) < 4.78 is 46.5. The lowest BCUT2D eigenvalue weighted by Crippen LogP contribution is -2.19. The summed E-state index contributed by atoms with van der Waals surface area (Å²) >= 11 is 0. The SMILES string of the molecule is CCc1ccc(Nc2ncc(C(F)(F)F)c(N(C)c3ccc(OC(C)C)cc3)n2)cc1. The summed E-state index contributed by atoms with van der Waals surface area (Å²) in [6.45, 7) is 5.85. The maximum absolute atomic E-state index is 13.6. The van der Waals surface area contributed by atoms with Gasteiger partial charge in [-0.25, -0.2) is 4.98 Å². The maximum Gasteiger partial charge on any atom is 0.421 e. The molecule has 0 atom stereocenters. The number of benzene rings is 2. The highest BCUT2D eigenvalue weighted by atomic mass is 19.4. The molecule has 164 valence electrons. The van der Waals surface area contributed by atoms with Crippen molar-refractivity contribution in [3.05, 3.63) is 65.9 Å². The molecule has 5 nitrogen and oxygen atoms in total. The van der Waals surface area contributed by atoms with Crippen molar-refractivity contribution in [1.29, 1.82) is 0 Å². The molecule has 0 saturated heterocycles. The van der Waals surface area contributed by atoms with Gasteiger partial charge in [-0.1, -0.05) is 19.1 Å². The van der Waals surface area contributed by atoms with Gasteiger partial charge in [0.2, 0.25) is 5.95 Å². The third-order valence-electron chi connectivity index (χ3n) is 4.61. The largest absolute Gasteiger partial charge is 0.491 e. The first-order chi connectivity index (χ1) is 14.7. The number of aryl methyl sites for hydroxylation is 1. The van der Waals surface area contributed by atoms with E-state index in [0.29, 0.717) is 17.1 Å². The lowest BCUT2D eigenvalue weighted by Gasteiger charge is -2.23. The Morgan fingerprint density at radius 1 is 1.03 bits per heavy atom. The van der Waals surface area contributed by atoms with Gasteiger partial charge in [-0.05, 0) is 62.2 Å². The normalized spacial score (nSPS) is 11.5. The fourth-order valence-electron chi connectivity index (χ4n) is 2.98. The van der Waals surface area contributed by atoms with E-state index in [1.165, 1.54) is 11.9 Å². The van der Waals surface area contributed by atoms with Crippen LogP contribution >= 0.6 is 0 Å². The fraction of sp³-hybridized carbons (Fsp3) is 0.304. The Kier molecular flexibility index (Phi) is 6.68. The van der Waals surface area contributed by atoms with E-state index in [-0.39, 0.29) is 17.9 Å². The molecule has 0 spiro atoms. The number of nitrogens with one attached hydrogen (secondary N) is 1. The van der Waals surface area contributed by atoms with Crippen LogP contribution in [-0.2, 0) is 12.6 Å². The van der Waals surface area contributed by atoms with Gasteiger partial charge in [0.05, 0.1) is 6.10 Å². The van der Waals surface area contributed by atoms with Gasteiger partial charge in [-0.2, -0.15) is 18.2 Å². The predicted molar refractivity (Wildman–Crippen MR) is 116 cm³/mol. The van der Waals surface area contributed by atoms with Crippen LogP contribution < -0.4 is 15.0 Å². The summed E-state index contributed by atoms with van der Waals surface area (Å²) in [6.07, 6.45) is -2.89. The summed E-state index contributed by atoms with van der Waals surface area (Å²) in [7, 11) is 1.54. The minimum atomic E-state index is -4.59. The smallest absolute Gasteiger partial charge is 0.421 e. The molecule has 2 aromatic carbocycles. The number of hydrogen-bond donors (Lipinski definition) is 1. The molecule has 3 aromatic rings. The molecule has 3 rings (SSSR count). The summed E-state index contributed by atoms with van der Waals surface area (Å²) in [4.78, 5) is 9.44. The van der Waals surface area contributed by atoms with Crippen molar-refractivity contribution in [1.82, 2.24) is 9.97 Å². The lowest BCUT2D eigenvalue weighted by molar-refractivity contribution is -0.137. The molecule has 0 radical (unpaired) electrons. The Bertz CT molecular complexity index is 1000. The second-order valence-electron chi connectivity index (χ2n) is 7.32. The molecule has 0 aliphatic rings. The Hall–Kier alpha value is -3.29. The van der Waals surface area contributed by atoms with Crippen LogP contribution in [0.1, 0.15) is 31.9 Å². The summed E-state index contributed by atoms with van der Waals surface area (Å²) in [5, 5.41) is 2.98. The van der Waals surface area contributed by atoms with Gasteiger partial charge in [0.15, 0.2) is 5.82 Å². The summed E-state index contributed by atoms with van der Waals surface area (Å²) in [6, 6.07) is 14.4. The van der Waals surface area contributed by atoms with Crippen LogP contribution in [0.5, 0.6) is 5.75 Å². The Balaban J connectivity index is 1.92. The summed E-state index contributed by atoms with van der Waals surface area (Å²) in [5.74, 6) is 0.482. The van der Waals surface area contributed by atoms with E-state index < -0.39 is 11.7 Å². The number of alkyl halides is 3. The molecule has 0 unspecified atom stereocenters. The topological polar surface area (TPSA) is 50.3 Å². The first-order valence-corrected chi connectivity index (χ1v) is 9.98. The molecule has 0 aliphatic carbocycles. The van der Waals surface area contributed by atoms with Crippen molar-refractivity contribution in [3.8, 4) is 5.75 Å². The zero-order valence-electron chi connectivity index (χ0n) is 17.9. The van der Waals surface area contributed by atoms with E-state index >= 15 is 0 Å². The standard InChI is InChI=1S/C23H25F3N4O/c1-5-16-6-8-17(9-7-16)28-22-27-14-20(23(24,25)26)21(29-22)30(4)18-10-12-19(13-11-18)31-15(2)3/h6-15H,5H2,1-4H3,(H,27,28,29). The maximum atomic E-state index is 13.6. The van der Waals surface area contributed by atoms with E-state index in [4.69, 9.17) is 4.74 Å². The zero-order valence-corrected chi connectivity index (χ0v) is 17.9. The number of halogens is 3. The predicted octanol–water partition coefficient (Wildman–Crippen LogP) is 6.36. The second-order valence-corrected chi connectivity index (χ2v) is 7.32. The number of rotatable bonds is 7. The highest BCUT2D eigenvalue weighted by molar-refractivity contribution is 5.65. The van der Waals surface area contributed by atoms with Crippen LogP contribution in [0, 0.1) is 0 Å². The van der Waals surface area contributed by atoms with Crippen LogP contribution in [0.3, 0.4) is 0 Å². The first kappa shape index (κ1) is 22.4.